The lowest BCUT2D eigenvalue weighted by atomic mass is 10.1. The Kier molecular flexibility index (Phi) is 24.3. The van der Waals surface area contributed by atoms with Crippen molar-refractivity contribution in [2.24, 2.45) is 16.6 Å². The molecule has 0 fully saturated rings. The number of hydrogen-bond donors (Lipinski definition) is 11. The third kappa shape index (κ3) is 20.9. The maximum absolute atomic E-state index is 13.0. The van der Waals surface area contributed by atoms with Gasteiger partial charge in [-0.2, -0.15) is 0 Å². The number of hydrazine groups is 1. The molecule has 68 heavy (non-hydrogen) atoms. The Morgan fingerprint density at radius 1 is 0.735 bits per heavy atom. The number of urea groups is 2. The predicted octanol–water partition coefficient (Wildman–Crippen LogP) is 3.15. The second kappa shape index (κ2) is 29.5. The maximum atomic E-state index is 13.0. The molecule has 4 amide bonds. The number of unbranched alkanes of at least 4 members (excludes halogenated alkanes) is 2. The Hall–Kier alpha value is -8.04. The molecular formula is C40H56FN11O16. The van der Waals surface area contributed by atoms with Crippen LogP contribution < -0.4 is 47.6 Å². The molecule has 0 aromatic heterocycles. The van der Waals surface area contributed by atoms with Gasteiger partial charge in [-0.3, -0.25) is 34.4 Å². The molecule has 0 aliphatic rings. The van der Waals surface area contributed by atoms with E-state index in [0.29, 0.717) is 18.5 Å². The van der Waals surface area contributed by atoms with Crippen LogP contribution in [0.25, 0.3) is 0 Å². The van der Waals surface area contributed by atoms with Gasteiger partial charge in [0.2, 0.25) is 0 Å². The topological polar surface area (TPSA) is 416 Å². The van der Waals surface area contributed by atoms with E-state index < -0.39 is 89.5 Å². The van der Waals surface area contributed by atoms with E-state index in [0.717, 1.165) is 0 Å². The van der Waals surface area contributed by atoms with Crippen LogP contribution in [0.15, 0.2) is 53.3 Å². The number of benzene rings is 2. The summed E-state index contributed by atoms with van der Waals surface area (Å²) in [6, 6.07) is 0.516. The number of hydrogen-bond acceptors (Lipinski definition) is 17. The number of rotatable bonds is 35. The number of carbonyl (C=O) groups is 6. The molecule has 0 aliphatic heterocycles. The van der Waals surface area contributed by atoms with Crippen molar-refractivity contribution in [3.63, 3.8) is 0 Å². The van der Waals surface area contributed by atoms with Gasteiger partial charge in [-0.1, -0.05) is 0 Å². The van der Waals surface area contributed by atoms with Crippen LogP contribution in [0, 0.1) is 20.2 Å². The fraction of sp³-hybridized carbons (Fsp3) is 0.475. The number of primary amides is 1. The minimum atomic E-state index is -1.58. The monoisotopic (exact) mass is 965 g/mol. The van der Waals surface area contributed by atoms with Crippen molar-refractivity contribution in [2.45, 2.75) is 88.4 Å². The highest BCUT2D eigenvalue weighted by atomic mass is 19.1. The van der Waals surface area contributed by atoms with Crippen molar-refractivity contribution in [2.75, 3.05) is 43.6 Å². The summed E-state index contributed by atoms with van der Waals surface area (Å²) in [7, 11) is 0. The van der Waals surface area contributed by atoms with Gasteiger partial charge in [-0.25, -0.2) is 29.8 Å². The molecule has 0 radical (unpaired) electrons. The average Bonchev–Trinajstić information content (AvgIpc) is 3.27. The Morgan fingerprint density at radius 3 is 1.59 bits per heavy atom. The fourth-order valence-corrected chi connectivity index (χ4v) is 6.09. The largest absolute Gasteiger partial charge is 0.491 e. The summed E-state index contributed by atoms with van der Waals surface area (Å²) in [6.07, 6.45) is 1.71. The summed E-state index contributed by atoms with van der Waals surface area (Å²) in [6.45, 7) is 2.66. The number of aliphatic imine (C=N–C) groups is 1. The first kappa shape index (κ1) is 56.1. The lowest BCUT2D eigenvalue weighted by molar-refractivity contribution is -0.384. The molecule has 27 nitrogen and oxygen atoms in total. The molecular weight excluding hydrogens is 909 g/mol. The maximum Gasteiger partial charge on any atom is 0.326 e. The smallest absolute Gasteiger partial charge is 0.326 e. The molecule has 1 unspecified atom stereocenters. The number of carbonyl (C=O) groups excluding carboxylic acids is 2. The number of aliphatic carboxylic acids is 4. The van der Waals surface area contributed by atoms with Crippen molar-refractivity contribution in [3.05, 3.63) is 68.5 Å². The molecule has 2 aromatic carbocycles. The zero-order chi connectivity index (χ0) is 50.8. The molecule has 0 heterocycles. The number of carboxylic acids is 4. The molecule has 374 valence electrons. The average molecular weight is 966 g/mol. The number of anilines is 2. The van der Waals surface area contributed by atoms with E-state index in [-0.39, 0.29) is 99.1 Å². The van der Waals surface area contributed by atoms with E-state index in [4.69, 9.17) is 26.2 Å². The van der Waals surface area contributed by atoms with Crippen LogP contribution in [0.3, 0.4) is 0 Å². The molecule has 2 aromatic rings. The number of nitrogens with two attached hydrogens (primary N) is 2. The molecule has 0 saturated carbocycles. The molecule has 28 heteroatoms. The second-order valence-corrected chi connectivity index (χ2v) is 14.7. The third-order valence-corrected chi connectivity index (χ3v) is 9.64. The standard InChI is InChI=1S/C40H56FN11O16/c1-44-24(7-6-16-41)21-50(43)25(22-67-26-10-13-33(51(63)64)31(19-26)45-17-4-2-8-28(36(55)56)47-39(42)61)23-68-27-11-14-34(52(65)66)32(20-27)46-18-5-3-9-29(37(57)58)48-40(62)49-30(38(59)60)12-15-35(53)54/h10-11,13-14,19-21,25,28-30,45-46H,1-9,12,15-18,22-23,43H2,(H,53,54)(H,55,56)(H,57,58)(H,59,60)(H3,42,47,61)(H2,48,49,62)/b24-21-/t25?,28-,29+,30-/m0/s1. The van der Waals surface area contributed by atoms with Gasteiger partial charge in [-0.05, 0) is 76.6 Å². The number of nitro groups is 2. The summed E-state index contributed by atoms with van der Waals surface area (Å²) < 4.78 is 25.0. The summed E-state index contributed by atoms with van der Waals surface area (Å²) in [5, 5.41) is 74.0. The van der Waals surface area contributed by atoms with Gasteiger partial charge in [0.15, 0.2) is 0 Å². The first-order chi connectivity index (χ1) is 32.2. The quantitative estimate of drug-likeness (QED) is 0.0155. The molecule has 0 saturated heterocycles. The zero-order valence-electron chi connectivity index (χ0n) is 36.7. The fourth-order valence-electron chi connectivity index (χ4n) is 6.09. The van der Waals surface area contributed by atoms with E-state index in [1.807, 2.05) is 5.32 Å². The van der Waals surface area contributed by atoms with E-state index >= 15 is 0 Å². The number of nitro benzene ring substituents is 2. The number of alkyl halides is 1. The van der Waals surface area contributed by atoms with Crippen LogP contribution >= 0.6 is 0 Å². The highest BCUT2D eigenvalue weighted by Gasteiger charge is 2.26. The lowest BCUT2D eigenvalue weighted by Gasteiger charge is -2.27. The summed E-state index contributed by atoms with van der Waals surface area (Å²) in [5.41, 5.74) is 4.83. The number of halogens is 1. The molecule has 0 spiro atoms. The number of carboxylic acid groups (broad SMARTS) is 4. The minimum absolute atomic E-state index is 0.0254. The first-order valence-corrected chi connectivity index (χ1v) is 20.9. The van der Waals surface area contributed by atoms with Gasteiger partial charge in [0, 0.05) is 50.0 Å². The summed E-state index contributed by atoms with van der Waals surface area (Å²) >= 11 is 0. The second-order valence-electron chi connectivity index (χ2n) is 14.7. The predicted molar refractivity (Wildman–Crippen MR) is 240 cm³/mol. The van der Waals surface area contributed by atoms with Crippen LogP contribution in [0.5, 0.6) is 11.5 Å². The zero-order valence-corrected chi connectivity index (χ0v) is 36.7. The van der Waals surface area contributed by atoms with Gasteiger partial charge in [0.25, 0.3) is 11.4 Å². The Bertz CT molecular complexity index is 2110. The number of nitrogens with one attached hydrogen (secondary N) is 5. The molecule has 4 atom stereocenters. The van der Waals surface area contributed by atoms with Gasteiger partial charge in [-0.15, -0.1) is 0 Å². The van der Waals surface area contributed by atoms with Gasteiger partial charge in [0.05, 0.1) is 22.2 Å². The first-order valence-electron chi connectivity index (χ1n) is 20.9. The van der Waals surface area contributed by atoms with Crippen molar-refractivity contribution >= 4 is 65.4 Å². The number of ether oxygens (including phenoxy) is 2. The SMILES string of the molecule is C=N/C(=C\N(N)C(COc1ccc([N+](=O)[O-])c(NCCCC[C@H](NC(N)=O)C(=O)O)c1)COc1ccc([N+](=O)[O-])c(NCCCC[C@@H](NC(=O)N[C@@H](CCC(=O)O)C(=O)O)C(=O)O)c1)CCCF. The van der Waals surface area contributed by atoms with Crippen LogP contribution in [-0.2, 0) is 19.2 Å². The minimum Gasteiger partial charge on any atom is -0.491 e. The molecule has 0 aliphatic carbocycles. The Labute approximate surface area is 387 Å². The van der Waals surface area contributed by atoms with Crippen LogP contribution in [0.4, 0.5) is 36.7 Å². The Balaban J connectivity index is 2.18. The van der Waals surface area contributed by atoms with Crippen molar-refractivity contribution in [1.29, 1.82) is 0 Å². The number of allylic oxidation sites excluding steroid dienone is 1. The van der Waals surface area contributed by atoms with Gasteiger partial charge >= 0.3 is 35.9 Å². The summed E-state index contributed by atoms with van der Waals surface area (Å²) in [4.78, 5) is 95.2. The third-order valence-electron chi connectivity index (χ3n) is 9.64. The van der Waals surface area contributed by atoms with E-state index in [2.05, 4.69) is 33.0 Å². The Morgan fingerprint density at radius 2 is 1.19 bits per heavy atom. The van der Waals surface area contributed by atoms with Crippen LogP contribution in [-0.4, -0.2) is 135 Å². The van der Waals surface area contributed by atoms with E-state index in [9.17, 15) is 68.7 Å². The number of amides is 4. The lowest BCUT2D eigenvalue weighted by Crippen LogP contribution is -2.51. The highest BCUT2D eigenvalue weighted by Crippen LogP contribution is 2.31. The van der Waals surface area contributed by atoms with Crippen molar-refractivity contribution in [3.8, 4) is 11.5 Å². The molecule has 0 bridgehead atoms. The van der Waals surface area contributed by atoms with Gasteiger partial charge in [0.1, 0.15) is 60.3 Å². The highest BCUT2D eigenvalue weighted by molar-refractivity contribution is 5.86. The molecule has 13 N–H and O–H groups in total. The number of nitrogens with zero attached hydrogens (tertiary/aromatic N) is 4. The normalized spacial score (nSPS) is 12.8. The van der Waals surface area contributed by atoms with Gasteiger partial charge < -0.3 is 67.2 Å². The van der Waals surface area contributed by atoms with Crippen LogP contribution in [0.2, 0.25) is 0 Å². The van der Waals surface area contributed by atoms with Crippen molar-refractivity contribution < 1.29 is 72.9 Å². The summed E-state index contributed by atoms with van der Waals surface area (Å²) in [5.74, 6) is 1.18. The van der Waals surface area contributed by atoms with E-state index in [1.54, 1.807) is 0 Å². The van der Waals surface area contributed by atoms with Crippen LogP contribution in [0.1, 0.15) is 64.2 Å². The van der Waals surface area contributed by atoms with E-state index in [1.165, 1.54) is 47.6 Å². The van der Waals surface area contributed by atoms with Crippen molar-refractivity contribution in [1.82, 2.24) is 21.0 Å². The molecule has 2 rings (SSSR count).